The van der Waals surface area contributed by atoms with Crippen LogP contribution in [-0.4, -0.2) is 16.9 Å². The number of ether oxygens (including phenoxy) is 1. The quantitative estimate of drug-likeness (QED) is 0.287. The van der Waals surface area contributed by atoms with Crippen LogP contribution >= 0.6 is 0 Å². The van der Waals surface area contributed by atoms with Gasteiger partial charge < -0.3 is 9.84 Å². The lowest BCUT2D eigenvalue weighted by Gasteiger charge is -2.20. The summed E-state index contributed by atoms with van der Waals surface area (Å²) in [5.74, 6) is -0.0941. The predicted octanol–water partition coefficient (Wildman–Crippen LogP) is 8.01. The molecule has 3 aromatic rings. The summed E-state index contributed by atoms with van der Waals surface area (Å²) in [6.45, 7) is 8.78. The van der Waals surface area contributed by atoms with E-state index in [1.54, 1.807) is 0 Å². The Kier molecular flexibility index (Phi) is 8.86. The van der Waals surface area contributed by atoms with Crippen molar-refractivity contribution < 1.29 is 19.4 Å². The van der Waals surface area contributed by atoms with Gasteiger partial charge in [-0.15, -0.1) is 0 Å². The van der Waals surface area contributed by atoms with E-state index in [1.807, 2.05) is 36.4 Å². The van der Waals surface area contributed by atoms with Crippen molar-refractivity contribution in [2.24, 2.45) is 0 Å². The zero-order valence-corrected chi connectivity index (χ0v) is 21.2. The Bertz CT molecular complexity index is 1100. The Balaban J connectivity index is 1.67. The molecule has 0 amide bonds. The zero-order chi connectivity index (χ0) is 25.4. The zero-order valence-electron chi connectivity index (χ0n) is 21.2. The average molecular weight is 473 g/mol. The SMILES string of the molecule is CCCC(Oc1ccc(-c2ccc(C(C)(C)C)cc2)cc1)c1ccc(C(=O)CCCC(=O)O)cc1. The molecule has 0 bridgehead atoms. The molecule has 4 nitrogen and oxygen atoms in total. The van der Waals surface area contributed by atoms with E-state index in [0.29, 0.717) is 12.0 Å². The lowest BCUT2D eigenvalue weighted by molar-refractivity contribution is -0.137. The number of carboxylic acids is 1. The summed E-state index contributed by atoms with van der Waals surface area (Å²) in [5, 5.41) is 8.75. The Hall–Kier alpha value is -3.40. The summed E-state index contributed by atoms with van der Waals surface area (Å²) >= 11 is 0. The van der Waals surface area contributed by atoms with Crippen LogP contribution in [-0.2, 0) is 10.2 Å². The van der Waals surface area contributed by atoms with Crippen molar-refractivity contribution in [3.63, 3.8) is 0 Å². The van der Waals surface area contributed by atoms with Crippen molar-refractivity contribution in [3.8, 4) is 16.9 Å². The number of hydrogen-bond donors (Lipinski definition) is 1. The molecule has 0 aromatic heterocycles. The molecule has 0 saturated carbocycles. The highest BCUT2D eigenvalue weighted by molar-refractivity contribution is 5.96. The second-order valence-electron chi connectivity index (χ2n) is 10.0. The normalized spacial score (nSPS) is 12.2. The number of rotatable bonds is 11. The number of aliphatic carboxylic acids is 1. The van der Waals surface area contributed by atoms with Gasteiger partial charge in [0.05, 0.1) is 0 Å². The lowest BCUT2D eigenvalue weighted by atomic mass is 9.86. The van der Waals surface area contributed by atoms with Gasteiger partial charge in [0.25, 0.3) is 0 Å². The molecule has 0 aliphatic heterocycles. The highest BCUT2D eigenvalue weighted by atomic mass is 16.5. The number of Topliss-reactive ketones (excluding diaryl/α,β-unsaturated/α-hetero) is 1. The standard InChI is InChI=1S/C31H36O4/c1-5-7-29(25-12-10-24(11-13-25)28(32)8-6-9-30(33)34)35-27-20-16-23(17-21-27)22-14-18-26(19-15-22)31(2,3)4/h10-21,29H,5-9H2,1-4H3,(H,33,34). The number of carbonyl (C=O) groups excluding carboxylic acids is 1. The highest BCUT2D eigenvalue weighted by Gasteiger charge is 2.15. The van der Waals surface area contributed by atoms with Gasteiger partial charge >= 0.3 is 5.97 Å². The van der Waals surface area contributed by atoms with Crippen LogP contribution in [0.25, 0.3) is 11.1 Å². The minimum Gasteiger partial charge on any atom is -0.486 e. The average Bonchev–Trinajstić information content (AvgIpc) is 2.83. The molecule has 0 saturated heterocycles. The van der Waals surface area contributed by atoms with Crippen LogP contribution < -0.4 is 4.74 Å². The van der Waals surface area contributed by atoms with Gasteiger partial charge in [0, 0.05) is 18.4 Å². The molecule has 0 fully saturated rings. The van der Waals surface area contributed by atoms with Crippen LogP contribution in [0.5, 0.6) is 5.75 Å². The largest absolute Gasteiger partial charge is 0.486 e. The second kappa shape index (κ2) is 11.8. The molecular weight excluding hydrogens is 436 g/mol. The number of ketones is 1. The van der Waals surface area contributed by atoms with E-state index in [4.69, 9.17) is 9.84 Å². The maximum atomic E-state index is 12.3. The van der Waals surface area contributed by atoms with Crippen molar-refractivity contribution in [2.45, 2.75) is 71.3 Å². The third kappa shape index (κ3) is 7.54. The topological polar surface area (TPSA) is 63.6 Å². The maximum absolute atomic E-state index is 12.3. The third-order valence-electron chi connectivity index (χ3n) is 6.17. The molecule has 0 aliphatic rings. The van der Waals surface area contributed by atoms with E-state index < -0.39 is 5.97 Å². The summed E-state index contributed by atoms with van der Waals surface area (Å²) in [6.07, 6.45) is 2.34. The molecule has 0 heterocycles. The van der Waals surface area contributed by atoms with Gasteiger partial charge in [-0.3, -0.25) is 9.59 Å². The molecule has 3 rings (SSSR count). The van der Waals surface area contributed by atoms with E-state index >= 15 is 0 Å². The summed E-state index contributed by atoms with van der Waals surface area (Å²) < 4.78 is 6.34. The van der Waals surface area contributed by atoms with Crippen LogP contribution in [0.3, 0.4) is 0 Å². The van der Waals surface area contributed by atoms with Gasteiger partial charge in [-0.1, -0.05) is 94.8 Å². The predicted molar refractivity (Wildman–Crippen MR) is 141 cm³/mol. The number of carboxylic acid groups (broad SMARTS) is 1. The van der Waals surface area contributed by atoms with Crippen LogP contribution in [0, 0.1) is 0 Å². The first-order chi connectivity index (χ1) is 16.7. The molecule has 0 radical (unpaired) electrons. The molecule has 35 heavy (non-hydrogen) atoms. The molecule has 0 spiro atoms. The number of hydrogen-bond acceptors (Lipinski definition) is 3. The molecule has 1 unspecified atom stereocenters. The van der Waals surface area contributed by atoms with E-state index in [9.17, 15) is 9.59 Å². The molecular formula is C31H36O4. The van der Waals surface area contributed by atoms with Crippen molar-refractivity contribution in [1.82, 2.24) is 0 Å². The first-order valence-corrected chi connectivity index (χ1v) is 12.4. The third-order valence-corrected chi connectivity index (χ3v) is 6.17. The minimum atomic E-state index is -0.876. The van der Waals surface area contributed by atoms with Gasteiger partial charge in [0.2, 0.25) is 0 Å². The summed E-state index contributed by atoms with van der Waals surface area (Å²) in [7, 11) is 0. The summed E-state index contributed by atoms with van der Waals surface area (Å²) in [4.78, 5) is 23.0. The van der Waals surface area contributed by atoms with Gasteiger partial charge in [-0.2, -0.15) is 0 Å². The maximum Gasteiger partial charge on any atom is 0.303 e. The van der Waals surface area contributed by atoms with Crippen molar-refractivity contribution in [1.29, 1.82) is 0 Å². The molecule has 0 aliphatic carbocycles. The van der Waals surface area contributed by atoms with Crippen LogP contribution in [0.2, 0.25) is 0 Å². The fraction of sp³-hybridized carbons (Fsp3) is 0.355. The van der Waals surface area contributed by atoms with Gasteiger partial charge in [-0.25, -0.2) is 0 Å². The molecule has 3 aromatic carbocycles. The smallest absolute Gasteiger partial charge is 0.303 e. The van der Waals surface area contributed by atoms with Gasteiger partial charge in [0.15, 0.2) is 5.78 Å². The van der Waals surface area contributed by atoms with Crippen LogP contribution in [0.15, 0.2) is 72.8 Å². The van der Waals surface area contributed by atoms with Crippen LogP contribution in [0.1, 0.15) is 87.4 Å². The number of carbonyl (C=O) groups is 2. The highest BCUT2D eigenvalue weighted by Crippen LogP contribution is 2.30. The number of benzene rings is 3. The molecule has 184 valence electrons. The lowest BCUT2D eigenvalue weighted by Crippen LogP contribution is -2.10. The first-order valence-electron chi connectivity index (χ1n) is 12.4. The van der Waals surface area contributed by atoms with E-state index in [-0.39, 0.29) is 30.1 Å². The van der Waals surface area contributed by atoms with E-state index in [0.717, 1.165) is 29.7 Å². The monoisotopic (exact) mass is 472 g/mol. The first kappa shape index (κ1) is 26.2. The van der Waals surface area contributed by atoms with E-state index in [2.05, 4.69) is 64.1 Å². The van der Waals surface area contributed by atoms with Gasteiger partial charge in [0.1, 0.15) is 11.9 Å². The summed E-state index contributed by atoms with van der Waals surface area (Å²) in [6, 6.07) is 24.4. The fourth-order valence-electron chi connectivity index (χ4n) is 4.04. The van der Waals surface area contributed by atoms with E-state index in [1.165, 1.54) is 11.1 Å². The minimum absolute atomic E-state index is 0.0112. The second-order valence-corrected chi connectivity index (χ2v) is 10.0. The molecule has 1 atom stereocenters. The Morgan fingerprint density at radius 3 is 1.91 bits per heavy atom. The summed E-state index contributed by atoms with van der Waals surface area (Å²) in [5.41, 5.74) is 5.41. The van der Waals surface area contributed by atoms with Crippen molar-refractivity contribution in [3.05, 3.63) is 89.5 Å². The Labute approximate surface area is 209 Å². The molecule has 4 heteroatoms. The van der Waals surface area contributed by atoms with Gasteiger partial charge in [-0.05, 0) is 52.6 Å². The fourth-order valence-corrected chi connectivity index (χ4v) is 4.04. The Morgan fingerprint density at radius 1 is 0.829 bits per heavy atom. The van der Waals surface area contributed by atoms with Crippen LogP contribution in [0.4, 0.5) is 0 Å². The molecule has 1 N–H and O–H groups in total. The Morgan fingerprint density at radius 2 is 1.40 bits per heavy atom. The van der Waals surface area contributed by atoms with Crippen molar-refractivity contribution in [2.75, 3.05) is 0 Å². The van der Waals surface area contributed by atoms with Crippen molar-refractivity contribution >= 4 is 11.8 Å².